The molecule has 2 rings (SSSR count). The molecule has 0 fully saturated rings. The fourth-order valence-corrected chi connectivity index (χ4v) is 2.43. The highest BCUT2D eigenvalue weighted by Crippen LogP contribution is 2.24. The minimum Gasteiger partial charge on any atom is -0.478 e. The SMILES string of the molecule is C=C/C=C(C(=O)O)\C(=C/C)C(=O)Nc1ccc(Oc2ccc(NC)cc2)cc1. The molecule has 0 radical (unpaired) electrons. The highest BCUT2D eigenvalue weighted by molar-refractivity contribution is 6.13. The van der Waals surface area contributed by atoms with Gasteiger partial charge in [0.2, 0.25) is 0 Å². The number of benzene rings is 2. The van der Waals surface area contributed by atoms with E-state index in [2.05, 4.69) is 17.2 Å². The number of carbonyl (C=O) groups excluding carboxylic acids is 1. The first-order valence-electron chi connectivity index (χ1n) is 8.58. The number of carboxylic acid groups (broad SMARTS) is 1. The van der Waals surface area contributed by atoms with Crippen molar-refractivity contribution in [3.8, 4) is 11.5 Å². The Bertz CT molecular complexity index is 911. The molecule has 0 aliphatic carbocycles. The van der Waals surface area contributed by atoms with Crippen LogP contribution in [0.15, 0.2) is 84.5 Å². The van der Waals surface area contributed by atoms with Crippen LogP contribution in [0.1, 0.15) is 6.92 Å². The van der Waals surface area contributed by atoms with Gasteiger partial charge < -0.3 is 20.5 Å². The van der Waals surface area contributed by atoms with Crippen molar-refractivity contribution >= 4 is 23.3 Å². The Morgan fingerprint density at radius 1 is 0.964 bits per heavy atom. The van der Waals surface area contributed by atoms with Crippen molar-refractivity contribution < 1.29 is 19.4 Å². The summed E-state index contributed by atoms with van der Waals surface area (Å²) < 4.78 is 5.76. The lowest BCUT2D eigenvalue weighted by Gasteiger charge is -2.11. The topological polar surface area (TPSA) is 87.7 Å². The van der Waals surface area contributed by atoms with Crippen LogP contribution in [0.5, 0.6) is 11.5 Å². The maximum absolute atomic E-state index is 12.4. The van der Waals surface area contributed by atoms with E-state index in [9.17, 15) is 14.7 Å². The molecular weight excluding hydrogens is 356 g/mol. The zero-order valence-electron chi connectivity index (χ0n) is 15.7. The molecule has 0 spiro atoms. The average Bonchev–Trinajstić information content (AvgIpc) is 2.70. The molecule has 0 saturated heterocycles. The number of carboxylic acids is 1. The van der Waals surface area contributed by atoms with Crippen molar-refractivity contribution in [1.82, 2.24) is 0 Å². The van der Waals surface area contributed by atoms with E-state index in [1.807, 2.05) is 31.3 Å². The zero-order valence-corrected chi connectivity index (χ0v) is 15.7. The van der Waals surface area contributed by atoms with Crippen molar-refractivity contribution in [3.63, 3.8) is 0 Å². The lowest BCUT2D eigenvalue weighted by molar-refractivity contribution is -0.132. The van der Waals surface area contributed by atoms with Crippen molar-refractivity contribution in [2.75, 3.05) is 17.7 Å². The number of hydrogen-bond donors (Lipinski definition) is 3. The highest BCUT2D eigenvalue weighted by Gasteiger charge is 2.19. The second-order valence-corrected chi connectivity index (χ2v) is 5.68. The summed E-state index contributed by atoms with van der Waals surface area (Å²) >= 11 is 0. The van der Waals surface area contributed by atoms with Crippen LogP contribution in [0.25, 0.3) is 0 Å². The van der Waals surface area contributed by atoms with Gasteiger partial charge in [0.1, 0.15) is 11.5 Å². The summed E-state index contributed by atoms with van der Waals surface area (Å²) in [6.07, 6.45) is 4.06. The predicted molar refractivity (Wildman–Crippen MR) is 111 cm³/mol. The van der Waals surface area contributed by atoms with Gasteiger partial charge in [0.15, 0.2) is 0 Å². The van der Waals surface area contributed by atoms with Crippen LogP contribution in [0.4, 0.5) is 11.4 Å². The fraction of sp³-hybridized carbons (Fsp3) is 0.0909. The maximum Gasteiger partial charge on any atom is 0.336 e. The molecule has 2 aromatic rings. The smallest absolute Gasteiger partial charge is 0.336 e. The fourth-order valence-electron chi connectivity index (χ4n) is 2.43. The number of rotatable bonds is 8. The van der Waals surface area contributed by atoms with E-state index in [1.165, 1.54) is 18.2 Å². The zero-order chi connectivity index (χ0) is 20.5. The van der Waals surface area contributed by atoms with Gasteiger partial charge in [-0.05, 0) is 61.5 Å². The molecule has 6 heteroatoms. The molecule has 0 bridgehead atoms. The van der Waals surface area contributed by atoms with E-state index in [0.717, 1.165) is 5.69 Å². The Morgan fingerprint density at radius 2 is 1.50 bits per heavy atom. The minimum atomic E-state index is -1.20. The summed E-state index contributed by atoms with van der Waals surface area (Å²) in [5.74, 6) is -0.419. The summed E-state index contributed by atoms with van der Waals surface area (Å²) in [5, 5.41) is 15.0. The number of nitrogens with one attached hydrogen (secondary N) is 2. The Morgan fingerprint density at radius 3 is 1.93 bits per heavy atom. The molecule has 0 atom stereocenters. The van der Waals surface area contributed by atoms with Crippen LogP contribution in [-0.4, -0.2) is 24.0 Å². The first kappa shape index (κ1) is 20.5. The average molecular weight is 378 g/mol. The lowest BCUT2D eigenvalue weighted by Crippen LogP contribution is -2.19. The third-order valence-electron chi connectivity index (χ3n) is 3.83. The molecule has 0 unspecified atom stereocenters. The summed E-state index contributed by atoms with van der Waals surface area (Å²) in [6.45, 7) is 5.08. The monoisotopic (exact) mass is 378 g/mol. The van der Waals surface area contributed by atoms with Gasteiger partial charge in [-0.15, -0.1) is 0 Å². The Balaban J connectivity index is 2.08. The number of allylic oxidation sites excluding steroid dienone is 3. The van der Waals surface area contributed by atoms with E-state index in [-0.39, 0.29) is 11.1 Å². The second kappa shape index (κ2) is 9.78. The van der Waals surface area contributed by atoms with Crippen LogP contribution < -0.4 is 15.4 Å². The van der Waals surface area contributed by atoms with Crippen LogP contribution in [0, 0.1) is 0 Å². The maximum atomic E-state index is 12.4. The van der Waals surface area contributed by atoms with Crippen LogP contribution in [-0.2, 0) is 9.59 Å². The van der Waals surface area contributed by atoms with Crippen molar-refractivity contribution in [2.45, 2.75) is 6.92 Å². The van der Waals surface area contributed by atoms with Gasteiger partial charge in [-0.2, -0.15) is 0 Å². The molecule has 2 aromatic carbocycles. The standard InChI is InChI=1S/C22H22N2O4/c1-4-6-20(22(26)27)19(5-2)21(25)24-16-9-13-18(14-10-16)28-17-11-7-15(23-3)8-12-17/h4-14,23H,1H2,2-3H3,(H,24,25)(H,26,27)/b19-5+,20-6+. The quantitative estimate of drug-likeness (QED) is 0.461. The van der Waals surface area contributed by atoms with E-state index < -0.39 is 11.9 Å². The molecule has 3 N–H and O–H groups in total. The molecule has 0 heterocycles. The van der Waals surface area contributed by atoms with Crippen LogP contribution >= 0.6 is 0 Å². The van der Waals surface area contributed by atoms with Crippen molar-refractivity contribution in [2.24, 2.45) is 0 Å². The van der Waals surface area contributed by atoms with Gasteiger partial charge >= 0.3 is 5.97 Å². The number of anilines is 2. The number of amides is 1. The third kappa shape index (κ3) is 5.35. The van der Waals surface area contributed by atoms with E-state index in [1.54, 1.807) is 31.2 Å². The van der Waals surface area contributed by atoms with E-state index in [0.29, 0.717) is 17.2 Å². The number of ether oxygens (including phenoxy) is 1. The van der Waals surface area contributed by atoms with Crippen molar-refractivity contribution in [3.05, 3.63) is 84.5 Å². The van der Waals surface area contributed by atoms with Gasteiger partial charge in [-0.25, -0.2) is 4.79 Å². The first-order chi connectivity index (χ1) is 13.5. The van der Waals surface area contributed by atoms with Gasteiger partial charge in [-0.1, -0.05) is 18.7 Å². The van der Waals surface area contributed by atoms with Gasteiger partial charge in [-0.3, -0.25) is 4.79 Å². The van der Waals surface area contributed by atoms with Crippen LogP contribution in [0.2, 0.25) is 0 Å². The molecule has 6 nitrogen and oxygen atoms in total. The summed E-state index contributed by atoms with van der Waals surface area (Å²) in [4.78, 5) is 23.8. The summed E-state index contributed by atoms with van der Waals surface area (Å²) in [6, 6.07) is 14.3. The number of carbonyl (C=O) groups is 2. The second-order valence-electron chi connectivity index (χ2n) is 5.68. The van der Waals surface area contributed by atoms with Crippen molar-refractivity contribution in [1.29, 1.82) is 0 Å². The predicted octanol–water partition coefficient (Wildman–Crippen LogP) is 4.60. The van der Waals surface area contributed by atoms with Gasteiger partial charge in [0.05, 0.1) is 5.57 Å². The molecule has 144 valence electrons. The van der Waals surface area contributed by atoms with E-state index >= 15 is 0 Å². The molecular formula is C22H22N2O4. The lowest BCUT2D eigenvalue weighted by atomic mass is 10.0. The van der Waals surface area contributed by atoms with Gasteiger partial charge in [0.25, 0.3) is 5.91 Å². The van der Waals surface area contributed by atoms with Gasteiger partial charge in [0, 0.05) is 24.0 Å². The normalized spacial score (nSPS) is 11.5. The summed E-state index contributed by atoms with van der Waals surface area (Å²) in [5.41, 5.74) is 1.43. The Hall–Kier alpha value is -3.80. The highest BCUT2D eigenvalue weighted by atomic mass is 16.5. The molecule has 0 aliphatic heterocycles. The number of aliphatic carboxylic acids is 1. The van der Waals surface area contributed by atoms with E-state index in [4.69, 9.17) is 4.74 Å². The van der Waals surface area contributed by atoms with Crippen LogP contribution in [0.3, 0.4) is 0 Å². The largest absolute Gasteiger partial charge is 0.478 e. The molecule has 0 aromatic heterocycles. The first-order valence-corrected chi connectivity index (χ1v) is 8.58. The molecule has 0 saturated carbocycles. The molecule has 1 amide bonds. The summed E-state index contributed by atoms with van der Waals surface area (Å²) in [7, 11) is 1.84. The number of hydrogen-bond acceptors (Lipinski definition) is 4. The Kier molecular flexibility index (Phi) is 7.16. The molecule has 28 heavy (non-hydrogen) atoms. The molecule has 0 aliphatic rings. The Labute approximate surface area is 163 Å². The third-order valence-corrected chi connectivity index (χ3v) is 3.83. The minimum absolute atomic E-state index is 0.0531.